The highest BCUT2D eigenvalue weighted by atomic mass is 32.2. The summed E-state index contributed by atoms with van der Waals surface area (Å²) in [6, 6.07) is 12.9. The van der Waals surface area contributed by atoms with Gasteiger partial charge < -0.3 is 15.0 Å². The van der Waals surface area contributed by atoms with Crippen LogP contribution in [0.15, 0.2) is 53.4 Å². The van der Waals surface area contributed by atoms with Crippen molar-refractivity contribution in [3.05, 3.63) is 54.1 Å². The van der Waals surface area contributed by atoms with Crippen LogP contribution in [0.5, 0.6) is 5.75 Å². The number of ether oxygens (including phenoxy) is 1. The van der Waals surface area contributed by atoms with Crippen LogP contribution in [0.3, 0.4) is 0 Å². The van der Waals surface area contributed by atoms with E-state index in [9.17, 15) is 13.2 Å². The number of nitrogens with zero attached hydrogens (tertiary/aromatic N) is 1. The summed E-state index contributed by atoms with van der Waals surface area (Å²) in [5.41, 5.74) is 0.720. The first-order valence-corrected chi connectivity index (χ1v) is 11.2. The van der Waals surface area contributed by atoms with E-state index in [0.29, 0.717) is 18.0 Å². The van der Waals surface area contributed by atoms with Crippen LogP contribution < -0.4 is 14.8 Å². The number of carbonyl (C=O) groups is 1. The summed E-state index contributed by atoms with van der Waals surface area (Å²) in [6.07, 6.45) is 5.10. The zero-order chi connectivity index (χ0) is 22.0. The van der Waals surface area contributed by atoms with Gasteiger partial charge in [0.15, 0.2) is 0 Å². The summed E-state index contributed by atoms with van der Waals surface area (Å²) in [4.78, 5) is 14.9. The lowest BCUT2D eigenvalue weighted by atomic mass is 10.2. The molecule has 30 heavy (non-hydrogen) atoms. The van der Waals surface area contributed by atoms with E-state index in [2.05, 4.69) is 34.7 Å². The second-order valence-electron chi connectivity index (χ2n) is 6.38. The van der Waals surface area contributed by atoms with Gasteiger partial charge in [0, 0.05) is 12.1 Å². The number of terminal acetylenes is 1. The van der Waals surface area contributed by atoms with Crippen LogP contribution in [-0.2, 0) is 10.0 Å². The average molecular weight is 430 g/mol. The number of anilines is 1. The number of benzene rings is 2. The number of rotatable bonds is 11. The van der Waals surface area contributed by atoms with Gasteiger partial charge in [-0.1, -0.05) is 38.0 Å². The third-order valence-corrected chi connectivity index (χ3v) is 5.86. The molecule has 2 aromatic rings. The van der Waals surface area contributed by atoms with Gasteiger partial charge in [0.2, 0.25) is 10.0 Å². The maximum absolute atomic E-state index is 12.7. The molecule has 1 amide bonds. The summed E-state index contributed by atoms with van der Waals surface area (Å²) in [7, 11) is -3.79. The zero-order valence-electron chi connectivity index (χ0n) is 17.2. The molecule has 2 aromatic carbocycles. The molecule has 2 rings (SSSR count). The minimum absolute atomic E-state index is 0.0332. The van der Waals surface area contributed by atoms with Crippen LogP contribution in [0.1, 0.15) is 24.2 Å². The minimum atomic E-state index is -3.79. The van der Waals surface area contributed by atoms with Gasteiger partial charge in [-0.05, 0) is 43.4 Å². The first-order chi connectivity index (χ1) is 14.4. The van der Waals surface area contributed by atoms with E-state index in [0.717, 1.165) is 19.6 Å². The monoisotopic (exact) mass is 429 g/mol. The fraction of sp³-hybridized carbons (Fsp3) is 0.318. The van der Waals surface area contributed by atoms with Crippen molar-refractivity contribution < 1.29 is 17.9 Å². The van der Waals surface area contributed by atoms with Crippen molar-refractivity contribution in [2.24, 2.45) is 0 Å². The lowest BCUT2D eigenvalue weighted by molar-refractivity contribution is 0.102. The molecule has 0 saturated heterocycles. The van der Waals surface area contributed by atoms with Crippen LogP contribution in [0, 0.1) is 12.3 Å². The number of hydrogen-bond acceptors (Lipinski definition) is 5. The molecule has 0 bridgehead atoms. The van der Waals surface area contributed by atoms with Gasteiger partial charge in [0.1, 0.15) is 12.4 Å². The Morgan fingerprint density at radius 2 is 1.87 bits per heavy atom. The Morgan fingerprint density at radius 3 is 2.57 bits per heavy atom. The van der Waals surface area contributed by atoms with E-state index >= 15 is 0 Å². The molecule has 7 nitrogen and oxygen atoms in total. The number of carbonyl (C=O) groups excluding carboxylic acids is 1. The van der Waals surface area contributed by atoms with Gasteiger partial charge in [-0.3, -0.25) is 4.79 Å². The second-order valence-corrected chi connectivity index (χ2v) is 8.15. The van der Waals surface area contributed by atoms with E-state index in [4.69, 9.17) is 11.2 Å². The molecule has 0 aliphatic rings. The predicted molar refractivity (Wildman–Crippen MR) is 118 cm³/mol. The Kier molecular flexibility index (Phi) is 8.87. The lowest BCUT2D eigenvalue weighted by Gasteiger charge is -2.19. The van der Waals surface area contributed by atoms with E-state index < -0.39 is 15.9 Å². The number of amides is 1. The Bertz CT molecular complexity index is 995. The summed E-state index contributed by atoms with van der Waals surface area (Å²) >= 11 is 0. The zero-order valence-corrected chi connectivity index (χ0v) is 18.0. The fourth-order valence-corrected chi connectivity index (χ4v) is 3.72. The molecule has 0 saturated carbocycles. The van der Waals surface area contributed by atoms with Crippen LogP contribution in [0.2, 0.25) is 0 Å². The standard InChI is InChI=1S/C22H27N3O4S/c1-4-14-23-30(27,28)19-11-9-10-18(17-19)22(26)24-20-12-7-8-13-21(20)29-16-15-25(5-2)6-3/h1,7-13,17,23H,5-6,14-16H2,2-3H3,(H,24,26). The van der Waals surface area contributed by atoms with Crippen molar-refractivity contribution in [3.63, 3.8) is 0 Å². The number of para-hydroxylation sites is 2. The largest absolute Gasteiger partial charge is 0.490 e. The topological polar surface area (TPSA) is 87.7 Å². The molecular formula is C22H27N3O4S. The third kappa shape index (κ3) is 6.59. The van der Waals surface area contributed by atoms with E-state index in [1.165, 1.54) is 18.2 Å². The van der Waals surface area contributed by atoms with Crippen molar-refractivity contribution in [2.75, 3.05) is 38.1 Å². The number of likely N-dealkylation sites (N-methyl/N-ethyl adjacent to an activating group) is 1. The quantitative estimate of drug-likeness (QED) is 0.536. The highest BCUT2D eigenvalue weighted by Crippen LogP contribution is 2.24. The molecule has 0 aliphatic heterocycles. The lowest BCUT2D eigenvalue weighted by Crippen LogP contribution is -2.28. The van der Waals surface area contributed by atoms with Crippen molar-refractivity contribution in [1.29, 1.82) is 0 Å². The molecule has 0 aromatic heterocycles. The van der Waals surface area contributed by atoms with Crippen LogP contribution in [0.4, 0.5) is 5.69 Å². The van der Waals surface area contributed by atoms with Gasteiger partial charge in [-0.25, -0.2) is 8.42 Å². The Labute approximate surface area is 178 Å². The fourth-order valence-electron chi connectivity index (χ4n) is 2.74. The van der Waals surface area contributed by atoms with Crippen LogP contribution in [0.25, 0.3) is 0 Å². The SMILES string of the molecule is C#CCNS(=O)(=O)c1cccc(C(=O)Nc2ccccc2OCCN(CC)CC)c1. The molecule has 8 heteroatoms. The smallest absolute Gasteiger partial charge is 0.255 e. The van der Waals surface area contributed by atoms with Crippen LogP contribution >= 0.6 is 0 Å². The minimum Gasteiger partial charge on any atom is -0.490 e. The summed E-state index contributed by atoms with van der Waals surface area (Å²) < 4.78 is 32.6. The summed E-state index contributed by atoms with van der Waals surface area (Å²) in [5, 5.41) is 2.79. The second kappa shape index (κ2) is 11.4. The highest BCUT2D eigenvalue weighted by molar-refractivity contribution is 7.89. The molecule has 0 atom stereocenters. The maximum Gasteiger partial charge on any atom is 0.255 e. The predicted octanol–water partition coefficient (Wildman–Crippen LogP) is 2.57. The number of hydrogen-bond donors (Lipinski definition) is 2. The van der Waals surface area contributed by atoms with E-state index in [1.54, 1.807) is 24.3 Å². The van der Waals surface area contributed by atoms with Gasteiger partial charge in [0.05, 0.1) is 17.1 Å². The van der Waals surface area contributed by atoms with E-state index in [-0.39, 0.29) is 17.0 Å². The molecule has 0 unspecified atom stereocenters. The van der Waals surface area contributed by atoms with Crippen molar-refractivity contribution in [3.8, 4) is 18.1 Å². The van der Waals surface area contributed by atoms with Gasteiger partial charge in [0.25, 0.3) is 5.91 Å². The Hall–Kier alpha value is -2.86. The molecule has 0 heterocycles. The molecular weight excluding hydrogens is 402 g/mol. The molecule has 0 spiro atoms. The van der Waals surface area contributed by atoms with Gasteiger partial charge in [-0.15, -0.1) is 6.42 Å². The van der Waals surface area contributed by atoms with Gasteiger partial charge >= 0.3 is 0 Å². The summed E-state index contributed by atoms with van der Waals surface area (Å²) in [5.74, 6) is 2.33. The first kappa shape index (κ1) is 23.4. The van der Waals surface area contributed by atoms with Crippen molar-refractivity contribution in [2.45, 2.75) is 18.7 Å². The Morgan fingerprint density at radius 1 is 1.13 bits per heavy atom. The van der Waals surface area contributed by atoms with Gasteiger partial charge in [-0.2, -0.15) is 4.72 Å². The number of sulfonamides is 1. The molecule has 0 fully saturated rings. The molecule has 0 aliphatic carbocycles. The van der Waals surface area contributed by atoms with Crippen LogP contribution in [-0.4, -0.2) is 52.0 Å². The molecule has 160 valence electrons. The number of nitrogens with one attached hydrogen (secondary N) is 2. The molecule has 0 radical (unpaired) electrons. The third-order valence-electron chi connectivity index (χ3n) is 4.47. The first-order valence-electron chi connectivity index (χ1n) is 9.70. The normalized spacial score (nSPS) is 11.1. The average Bonchev–Trinajstić information content (AvgIpc) is 2.76. The Balaban J connectivity index is 2.12. The van der Waals surface area contributed by atoms with E-state index in [1.807, 2.05) is 6.07 Å². The van der Waals surface area contributed by atoms with Crippen molar-refractivity contribution in [1.82, 2.24) is 9.62 Å². The summed E-state index contributed by atoms with van der Waals surface area (Å²) in [6.45, 7) is 7.20. The maximum atomic E-state index is 12.7. The molecule has 2 N–H and O–H groups in total. The highest BCUT2D eigenvalue weighted by Gasteiger charge is 2.16. The van der Waals surface area contributed by atoms with Crippen molar-refractivity contribution >= 4 is 21.6 Å².